The highest BCUT2D eigenvalue weighted by Gasteiger charge is 2.17. The van der Waals surface area contributed by atoms with Crippen LogP contribution in [0.15, 0.2) is 41.0 Å². The molecule has 0 bridgehead atoms. The van der Waals surface area contributed by atoms with Gasteiger partial charge in [0.1, 0.15) is 0 Å². The SMILES string of the molecule is CC[N+](/C=C/C(=O)c1ccc(Br)cc1)(CC)CC.[Cl-]. The van der Waals surface area contributed by atoms with Gasteiger partial charge in [-0.05, 0) is 45.0 Å². The molecule has 0 radical (unpaired) electrons. The van der Waals surface area contributed by atoms with E-state index in [0.29, 0.717) is 0 Å². The molecular formula is C15H21BrClNO. The second-order valence-corrected chi connectivity index (χ2v) is 5.27. The van der Waals surface area contributed by atoms with Gasteiger partial charge in [0.05, 0.1) is 25.8 Å². The van der Waals surface area contributed by atoms with Crippen molar-refractivity contribution in [2.75, 3.05) is 19.6 Å². The molecule has 0 atom stereocenters. The summed E-state index contributed by atoms with van der Waals surface area (Å²) in [5.74, 6) is 0.0698. The van der Waals surface area contributed by atoms with Crippen molar-refractivity contribution in [2.45, 2.75) is 20.8 Å². The Morgan fingerprint density at radius 1 is 1.11 bits per heavy atom. The van der Waals surface area contributed by atoms with Crippen LogP contribution in [0.4, 0.5) is 0 Å². The number of halogens is 2. The van der Waals surface area contributed by atoms with Crippen LogP contribution in [0.25, 0.3) is 0 Å². The lowest BCUT2D eigenvalue weighted by Gasteiger charge is -2.31. The zero-order chi connectivity index (χ0) is 13.6. The van der Waals surface area contributed by atoms with E-state index in [2.05, 4.69) is 36.7 Å². The van der Waals surface area contributed by atoms with E-state index in [1.165, 1.54) is 0 Å². The van der Waals surface area contributed by atoms with Gasteiger partial charge in [-0.25, -0.2) is 0 Å². The van der Waals surface area contributed by atoms with E-state index in [1.54, 1.807) is 6.08 Å². The third-order valence-corrected chi connectivity index (χ3v) is 4.09. The zero-order valence-corrected chi connectivity index (χ0v) is 14.0. The van der Waals surface area contributed by atoms with Crippen molar-refractivity contribution in [3.8, 4) is 0 Å². The Balaban J connectivity index is 0.00000324. The molecule has 106 valence electrons. The average Bonchev–Trinajstić information content (AvgIpc) is 2.41. The highest BCUT2D eigenvalue weighted by Crippen LogP contribution is 2.12. The van der Waals surface area contributed by atoms with Crippen LogP contribution in [0, 0.1) is 0 Å². The van der Waals surface area contributed by atoms with E-state index < -0.39 is 0 Å². The molecule has 0 N–H and O–H groups in total. The molecule has 0 aliphatic carbocycles. The Bertz CT molecular complexity index is 416. The van der Waals surface area contributed by atoms with Gasteiger partial charge in [0.25, 0.3) is 0 Å². The Hall–Kier alpha value is -0.640. The molecule has 0 saturated carbocycles. The topological polar surface area (TPSA) is 17.1 Å². The first-order valence-corrected chi connectivity index (χ1v) is 7.21. The average molecular weight is 347 g/mol. The first-order valence-electron chi connectivity index (χ1n) is 6.41. The molecule has 1 aromatic rings. The monoisotopic (exact) mass is 345 g/mol. The third-order valence-electron chi connectivity index (χ3n) is 3.56. The number of quaternary nitrogens is 1. The van der Waals surface area contributed by atoms with E-state index in [9.17, 15) is 4.79 Å². The van der Waals surface area contributed by atoms with Gasteiger partial charge in [-0.3, -0.25) is 9.28 Å². The maximum Gasteiger partial charge on any atom is 0.191 e. The lowest BCUT2D eigenvalue weighted by atomic mass is 10.1. The van der Waals surface area contributed by atoms with Gasteiger partial charge >= 0.3 is 0 Å². The first-order chi connectivity index (χ1) is 8.56. The van der Waals surface area contributed by atoms with Crippen LogP contribution in [0.2, 0.25) is 0 Å². The maximum atomic E-state index is 12.0. The largest absolute Gasteiger partial charge is 1.00 e. The molecule has 0 unspecified atom stereocenters. The van der Waals surface area contributed by atoms with Gasteiger partial charge in [0, 0.05) is 16.1 Å². The van der Waals surface area contributed by atoms with Crippen molar-refractivity contribution in [3.63, 3.8) is 0 Å². The zero-order valence-electron chi connectivity index (χ0n) is 11.7. The van der Waals surface area contributed by atoms with E-state index >= 15 is 0 Å². The van der Waals surface area contributed by atoms with Crippen molar-refractivity contribution in [2.24, 2.45) is 0 Å². The number of carbonyl (C=O) groups is 1. The second kappa shape index (κ2) is 8.51. The number of ketones is 1. The third kappa shape index (κ3) is 5.09. The van der Waals surface area contributed by atoms with Gasteiger partial charge in [-0.15, -0.1) is 0 Å². The van der Waals surface area contributed by atoms with Gasteiger partial charge in [-0.2, -0.15) is 0 Å². The standard InChI is InChI=1S/C15H21BrNO.ClH/c1-4-17(5-2,6-3)12-11-15(18)13-7-9-14(16)10-8-13;/h7-12H,4-6H2,1-3H3;1H/q+1;/p-1/b12-11+;. The minimum atomic E-state index is 0. The quantitative estimate of drug-likeness (QED) is 0.427. The van der Waals surface area contributed by atoms with E-state index in [4.69, 9.17) is 0 Å². The molecule has 1 aromatic carbocycles. The number of hydrogen-bond donors (Lipinski definition) is 0. The molecule has 0 aliphatic heterocycles. The van der Waals surface area contributed by atoms with Crippen LogP contribution in [0.1, 0.15) is 31.1 Å². The number of nitrogens with zero attached hydrogens (tertiary/aromatic N) is 1. The summed E-state index contributed by atoms with van der Waals surface area (Å²) in [7, 11) is 0. The van der Waals surface area contributed by atoms with Crippen LogP contribution in [0.5, 0.6) is 0 Å². The summed E-state index contributed by atoms with van der Waals surface area (Å²) in [6.45, 7) is 9.50. The smallest absolute Gasteiger partial charge is 0.191 e. The summed E-state index contributed by atoms with van der Waals surface area (Å²) in [6.07, 6.45) is 3.74. The van der Waals surface area contributed by atoms with Gasteiger partial charge in [0.2, 0.25) is 0 Å². The fourth-order valence-electron chi connectivity index (χ4n) is 1.92. The summed E-state index contributed by atoms with van der Waals surface area (Å²) < 4.78 is 1.84. The number of benzene rings is 1. The van der Waals surface area contributed by atoms with Crippen LogP contribution in [-0.4, -0.2) is 29.9 Å². The lowest BCUT2D eigenvalue weighted by molar-refractivity contribution is -0.874. The molecule has 0 aliphatic rings. The van der Waals surface area contributed by atoms with E-state index in [0.717, 1.165) is 34.2 Å². The number of rotatable bonds is 6. The second-order valence-electron chi connectivity index (χ2n) is 4.35. The molecule has 0 saturated heterocycles. The summed E-state index contributed by atoms with van der Waals surface area (Å²) in [5, 5.41) is 0. The highest BCUT2D eigenvalue weighted by molar-refractivity contribution is 9.10. The van der Waals surface area contributed by atoms with Crippen molar-refractivity contribution in [3.05, 3.63) is 46.6 Å². The van der Waals surface area contributed by atoms with Gasteiger partial charge in [0.15, 0.2) is 5.78 Å². The Morgan fingerprint density at radius 3 is 2.00 bits per heavy atom. The lowest BCUT2D eigenvalue weighted by Crippen LogP contribution is -3.00. The molecule has 19 heavy (non-hydrogen) atoms. The van der Waals surface area contributed by atoms with Crippen molar-refractivity contribution >= 4 is 21.7 Å². The molecule has 0 fully saturated rings. The van der Waals surface area contributed by atoms with Crippen molar-refractivity contribution in [1.29, 1.82) is 0 Å². The van der Waals surface area contributed by atoms with Gasteiger partial charge < -0.3 is 12.4 Å². The molecule has 2 nitrogen and oxygen atoms in total. The maximum absolute atomic E-state index is 12.0. The summed E-state index contributed by atoms with van der Waals surface area (Å²) in [4.78, 5) is 12.0. The van der Waals surface area contributed by atoms with Crippen LogP contribution in [0.3, 0.4) is 0 Å². The molecule has 0 aromatic heterocycles. The molecular weight excluding hydrogens is 326 g/mol. The Labute approximate surface area is 130 Å². The Morgan fingerprint density at radius 2 is 1.58 bits per heavy atom. The summed E-state index contributed by atoms with van der Waals surface area (Å²) in [6, 6.07) is 7.47. The fraction of sp³-hybridized carbons (Fsp3) is 0.400. The highest BCUT2D eigenvalue weighted by atomic mass is 79.9. The Kier molecular flexibility index (Phi) is 8.23. The predicted octanol–water partition coefficient (Wildman–Crippen LogP) is 1.03. The van der Waals surface area contributed by atoms with Crippen LogP contribution in [-0.2, 0) is 0 Å². The number of carbonyl (C=O) groups excluding carboxylic acids is 1. The minimum absolute atomic E-state index is 0. The number of hydrogen-bond acceptors (Lipinski definition) is 1. The van der Waals surface area contributed by atoms with Gasteiger partial charge in [-0.1, -0.05) is 15.9 Å². The number of allylic oxidation sites excluding steroid dienone is 1. The van der Waals surface area contributed by atoms with E-state index in [-0.39, 0.29) is 18.2 Å². The van der Waals surface area contributed by atoms with E-state index in [1.807, 2.05) is 30.5 Å². The van der Waals surface area contributed by atoms with Crippen LogP contribution >= 0.6 is 15.9 Å². The predicted molar refractivity (Wildman–Crippen MR) is 79.5 cm³/mol. The van der Waals surface area contributed by atoms with Crippen LogP contribution < -0.4 is 12.4 Å². The first kappa shape index (κ1) is 18.4. The summed E-state index contributed by atoms with van der Waals surface area (Å²) >= 11 is 3.37. The van der Waals surface area contributed by atoms with Crippen molar-refractivity contribution in [1.82, 2.24) is 0 Å². The normalized spacial score (nSPS) is 11.4. The molecule has 0 heterocycles. The molecule has 0 amide bonds. The molecule has 4 heteroatoms. The molecule has 0 spiro atoms. The summed E-state index contributed by atoms with van der Waals surface area (Å²) in [5.41, 5.74) is 0.732. The van der Waals surface area contributed by atoms with Crippen molar-refractivity contribution < 1.29 is 21.7 Å². The minimum Gasteiger partial charge on any atom is -1.00 e. The fourth-order valence-corrected chi connectivity index (χ4v) is 2.19. The molecule has 1 rings (SSSR count).